The molecule has 0 fully saturated rings. The van der Waals surface area contributed by atoms with Gasteiger partial charge in [-0.3, -0.25) is 9.97 Å². The first-order chi connectivity index (χ1) is 11.7. The van der Waals surface area contributed by atoms with Gasteiger partial charge in [0, 0.05) is 41.4 Å². The number of urea groups is 1. The van der Waals surface area contributed by atoms with E-state index in [9.17, 15) is 4.79 Å². The van der Waals surface area contributed by atoms with Crippen molar-refractivity contribution >= 4 is 23.3 Å². The van der Waals surface area contributed by atoms with Crippen LogP contribution in [0.3, 0.4) is 0 Å². The summed E-state index contributed by atoms with van der Waals surface area (Å²) in [5, 5.41) is 6.08. The molecular formula is C18H15ClN4O. The van der Waals surface area contributed by atoms with Gasteiger partial charge in [-0.2, -0.15) is 0 Å². The number of benzene rings is 1. The highest BCUT2D eigenvalue weighted by Gasteiger charge is 2.03. The molecule has 5 nitrogen and oxygen atoms in total. The highest BCUT2D eigenvalue weighted by Crippen LogP contribution is 2.16. The van der Waals surface area contributed by atoms with Crippen LogP contribution in [-0.4, -0.2) is 16.0 Å². The van der Waals surface area contributed by atoms with Crippen LogP contribution in [0.15, 0.2) is 67.1 Å². The van der Waals surface area contributed by atoms with Crippen molar-refractivity contribution in [3.05, 3.63) is 77.7 Å². The van der Waals surface area contributed by atoms with Gasteiger partial charge in [0.05, 0.1) is 5.69 Å². The molecule has 0 spiro atoms. The Bertz CT molecular complexity index is 822. The second kappa shape index (κ2) is 7.57. The number of anilines is 1. The molecular weight excluding hydrogens is 324 g/mol. The second-order valence-corrected chi connectivity index (χ2v) is 5.55. The Balaban J connectivity index is 1.56. The second-order valence-electron chi connectivity index (χ2n) is 5.11. The number of amides is 2. The van der Waals surface area contributed by atoms with Gasteiger partial charge in [-0.05, 0) is 42.0 Å². The number of hydrogen-bond donors (Lipinski definition) is 2. The smallest absolute Gasteiger partial charge is 0.319 e. The third kappa shape index (κ3) is 4.30. The van der Waals surface area contributed by atoms with E-state index in [0.717, 1.165) is 16.8 Å². The van der Waals surface area contributed by atoms with Crippen molar-refractivity contribution in [2.24, 2.45) is 0 Å². The molecule has 2 aromatic heterocycles. The van der Waals surface area contributed by atoms with Crippen LogP contribution in [0.25, 0.3) is 11.3 Å². The third-order valence-electron chi connectivity index (χ3n) is 3.32. The molecule has 0 unspecified atom stereocenters. The average Bonchev–Trinajstić information content (AvgIpc) is 2.61. The average molecular weight is 339 g/mol. The minimum absolute atomic E-state index is 0.298. The van der Waals surface area contributed by atoms with E-state index in [4.69, 9.17) is 11.6 Å². The zero-order chi connectivity index (χ0) is 16.8. The van der Waals surface area contributed by atoms with E-state index in [-0.39, 0.29) is 6.03 Å². The minimum Gasteiger partial charge on any atom is -0.334 e. The summed E-state index contributed by atoms with van der Waals surface area (Å²) in [7, 11) is 0. The lowest BCUT2D eigenvalue weighted by atomic mass is 10.1. The number of rotatable bonds is 4. The fraction of sp³-hybridized carbons (Fsp3) is 0.0556. The maximum absolute atomic E-state index is 11.9. The van der Waals surface area contributed by atoms with Gasteiger partial charge in [-0.25, -0.2) is 4.79 Å². The topological polar surface area (TPSA) is 66.9 Å². The van der Waals surface area contributed by atoms with Gasteiger partial charge in [0.25, 0.3) is 0 Å². The predicted molar refractivity (Wildman–Crippen MR) is 94.8 cm³/mol. The maximum atomic E-state index is 11.9. The van der Waals surface area contributed by atoms with Crippen LogP contribution in [-0.2, 0) is 6.54 Å². The molecule has 6 heteroatoms. The first kappa shape index (κ1) is 16.0. The number of aromatic nitrogens is 2. The lowest BCUT2D eigenvalue weighted by Crippen LogP contribution is -2.28. The Morgan fingerprint density at radius 2 is 2.00 bits per heavy atom. The van der Waals surface area contributed by atoms with E-state index in [2.05, 4.69) is 20.6 Å². The number of hydrogen-bond acceptors (Lipinski definition) is 3. The molecule has 2 heterocycles. The lowest BCUT2D eigenvalue weighted by molar-refractivity contribution is 0.251. The maximum Gasteiger partial charge on any atom is 0.319 e. The molecule has 2 N–H and O–H groups in total. The number of pyridine rings is 2. The summed E-state index contributed by atoms with van der Waals surface area (Å²) in [4.78, 5) is 20.4. The summed E-state index contributed by atoms with van der Waals surface area (Å²) in [5.74, 6) is 0. The summed E-state index contributed by atoms with van der Waals surface area (Å²) in [6.45, 7) is 0.382. The van der Waals surface area contributed by atoms with Gasteiger partial charge < -0.3 is 10.6 Å². The fourth-order valence-corrected chi connectivity index (χ4v) is 2.33. The Morgan fingerprint density at radius 3 is 2.71 bits per heavy atom. The number of carbonyl (C=O) groups excluding carboxylic acids is 1. The van der Waals surface area contributed by atoms with Crippen molar-refractivity contribution in [1.82, 2.24) is 15.3 Å². The van der Waals surface area contributed by atoms with Crippen LogP contribution in [0.4, 0.5) is 10.5 Å². The normalized spacial score (nSPS) is 10.2. The first-order valence-corrected chi connectivity index (χ1v) is 7.74. The van der Waals surface area contributed by atoms with Crippen LogP contribution in [0.2, 0.25) is 5.02 Å². The summed E-state index contributed by atoms with van der Waals surface area (Å²) >= 11 is 5.88. The van der Waals surface area contributed by atoms with Crippen LogP contribution >= 0.6 is 11.6 Å². The number of nitrogens with one attached hydrogen (secondary N) is 2. The molecule has 3 aromatic rings. The van der Waals surface area contributed by atoms with Crippen LogP contribution in [0.1, 0.15) is 5.56 Å². The van der Waals surface area contributed by atoms with E-state index in [1.807, 2.05) is 24.3 Å². The molecule has 0 saturated carbocycles. The lowest BCUT2D eigenvalue weighted by Gasteiger charge is -2.08. The van der Waals surface area contributed by atoms with Crippen molar-refractivity contribution in [1.29, 1.82) is 0 Å². The molecule has 0 aliphatic carbocycles. The van der Waals surface area contributed by atoms with E-state index < -0.39 is 0 Å². The number of carbonyl (C=O) groups is 1. The standard InChI is InChI=1S/C18H15ClN4O/c19-15-4-1-5-16(9-15)23-18(24)22-11-13-6-7-17(21-10-13)14-3-2-8-20-12-14/h1-10,12H,11H2,(H2,22,23,24). The Morgan fingerprint density at radius 1 is 1.08 bits per heavy atom. The van der Waals surface area contributed by atoms with Crippen molar-refractivity contribution in [3.63, 3.8) is 0 Å². The van der Waals surface area contributed by atoms with Crippen molar-refractivity contribution in [3.8, 4) is 11.3 Å². The van der Waals surface area contributed by atoms with Gasteiger partial charge >= 0.3 is 6.03 Å². The molecule has 0 aliphatic heterocycles. The number of nitrogens with zero attached hydrogens (tertiary/aromatic N) is 2. The van der Waals surface area contributed by atoms with E-state index in [1.165, 1.54) is 0 Å². The molecule has 0 aliphatic rings. The van der Waals surface area contributed by atoms with Gasteiger partial charge in [0.1, 0.15) is 0 Å². The zero-order valence-electron chi connectivity index (χ0n) is 12.7. The molecule has 0 atom stereocenters. The van der Waals surface area contributed by atoms with Crippen molar-refractivity contribution in [2.75, 3.05) is 5.32 Å². The Hall–Kier alpha value is -2.92. The molecule has 2 amide bonds. The minimum atomic E-state index is -0.298. The summed E-state index contributed by atoms with van der Waals surface area (Å²) in [6, 6.07) is 14.3. The predicted octanol–water partition coefficient (Wildman–Crippen LogP) is 4.12. The van der Waals surface area contributed by atoms with Gasteiger partial charge in [-0.15, -0.1) is 0 Å². The van der Waals surface area contributed by atoms with E-state index >= 15 is 0 Å². The SMILES string of the molecule is O=C(NCc1ccc(-c2cccnc2)nc1)Nc1cccc(Cl)c1. The molecule has 1 aromatic carbocycles. The zero-order valence-corrected chi connectivity index (χ0v) is 13.5. The molecule has 3 rings (SSSR count). The van der Waals surface area contributed by atoms with E-state index in [0.29, 0.717) is 17.3 Å². The fourth-order valence-electron chi connectivity index (χ4n) is 2.14. The third-order valence-corrected chi connectivity index (χ3v) is 3.55. The van der Waals surface area contributed by atoms with Crippen LogP contribution in [0.5, 0.6) is 0 Å². The molecule has 24 heavy (non-hydrogen) atoms. The molecule has 0 saturated heterocycles. The molecule has 0 bridgehead atoms. The highest BCUT2D eigenvalue weighted by atomic mass is 35.5. The Kier molecular flexibility index (Phi) is 5.03. The summed E-state index contributed by atoms with van der Waals surface area (Å²) < 4.78 is 0. The summed E-state index contributed by atoms with van der Waals surface area (Å²) in [5.41, 5.74) is 3.35. The monoisotopic (exact) mass is 338 g/mol. The highest BCUT2D eigenvalue weighted by molar-refractivity contribution is 6.30. The van der Waals surface area contributed by atoms with E-state index in [1.54, 1.807) is 42.9 Å². The van der Waals surface area contributed by atoms with Crippen LogP contribution in [0, 0.1) is 0 Å². The quantitative estimate of drug-likeness (QED) is 0.752. The van der Waals surface area contributed by atoms with Crippen molar-refractivity contribution < 1.29 is 4.79 Å². The first-order valence-electron chi connectivity index (χ1n) is 7.36. The largest absolute Gasteiger partial charge is 0.334 e. The van der Waals surface area contributed by atoms with Crippen molar-refractivity contribution in [2.45, 2.75) is 6.54 Å². The van der Waals surface area contributed by atoms with Gasteiger partial charge in [0.15, 0.2) is 0 Å². The van der Waals surface area contributed by atoms with Crippen LogP contribution < -0.4 is 10.6 Å². The molecule has 120 valence electrons. The van der Waals surface area contributed by atoms with Gasteiger partial charge in [0.2, 0.25) is 0 Å². The number of halogens is 1. The Labute approximate surface area is 144 Å². The molecule has 0 radical (unpaired) electrons. The summed E-state index contributed by atoms with van der Waals surface area (Å²) in [6.07, 6.45) is 5.22. The van der Waals surface area contributed by atoms with Gasteiger partial charge in [-0.1, -0.05) is 23.7 Å².